The predicted octanol–water partition coefficient (Wildman–Crippen LogP) is 2.20. The van der Waals surface area contributed by atoms with E-state index in [0.29, 0.717) is 5.25 Å². The fraction of sp³-hybridized carbons (Fsp3) is 0.583. The molecule has 0 amide bonds. The highest BCUT2D eigenvalue weighted by Gasteiger charge is 2.17. The number of nitrogens with zero attached hydrogens (tertiary/aromatic N) is 2. The zero-order chi connectivity index (χ0) is 14.2. The third kappa shape index (κ3) is 5.43. The van der Waals surface area contributed by atoms with Crippen LogP contribution >= 0.6 is 34.9 Å². The Labute approximate surface area is 131 Å². The smallest absolute Gasteiger partial charge is 0.316 e. The van der Waals surface area contributed by atoms with E-state index < -0.39 is 0 Å². The summed E-state index contributed by atoms with van der Waals surface area (Å²) >= 11 is 4.72. The van der Waals surface area contributed by atoms with Crippen molar-refractivity contribution in [1.29, 1.82) is 0 Å². The number of piperidine rings is 1. The van der Waals surface area contributed by atoms with Gasteiger partial charge in [-0.05, 0) is 25.9 Å². The topological polar surface area (TPSA) is 64.1 Å². The maximum Gasteiger partial charge on any atom is 0.316 e. The van der Waals surface area contributed by atoms with Crippen LogP contribution in [0.1, 0.15) is 12.8 Å². The summed E-state index contributed by atoms with van der Waals surface area (Å²) in [6, 6.07) is 0. The molecule has 1 N–H and O–H groups in total. The fourth-order valence-corrected chi connectivity index (χ4v) is 4.90. The first-order valence-corrected chi connectivity index (χ1v) is 9.06. The monoisotopic (exact) mass is 331 g/mol. The zero-order valence-electron chi connectivity index (χ0n) is 11.0. The standard InChI is InChI=1S/C12H17N3O2S3/c1-2-7-17-10(16)8-18-11-14-15-12(20-11)19-9-3-5-13-6-4-9/h2,9,13H,1,3-8H2. The van der Waals surface area contributed by atoms with E-state index in [0.717, 1.165) is 21.8 Å². The van der Waals surface area contributed by atoms with Crippen LogP contribution in [0.25, 0.3) is 0 Å². The van der Waals surface area contributed by atoms with Gasteiger partial charge >= 0.3 is 5.97 Å². The summed E-state index contributed by atoms with van der Waals surface area (Å²) < 4.78 is 6.71. The molecule has 0 aromatic carbocycles. The molecule has 110 valence electrons. The number of ether oxygens (including phenoxy) is 1. The molecule has 8 heteroatoms. The lowest BCUT2D eigenvalue weighted by molar-refractivity contribution is -0.139. The van der Waals surface area contributed by atoms with Crippen molar-refractivity contribution in [2.45, 2.75) is 26.8 Å². The highest BCUT2D eigenvalue weighted by molar-refractivity contribution is 8.03. The van der Waals surface area contributed by atoms with Crippen LogP contribution in [-0.4, -0.2) is 46.9 Å². The number of esters is 1. The molecule has 1 aromatic rings. The number of hydrogen-bond acceptors (Lipinski definition) is 8. The number of aromatic nitrogens is 2. The first-order chi connectivity index (χ1) is 9.78. The third-order valence-corrected chi connectivity index (χ3v) is 6.07. The van der Waals surface area contributed by atoms with E-state index in [1.165, 1.54) is 24.6 Å². The van der Waals surface area contributed by atoms with Crippen molar-refractivity contribution in [3.8, 4) is 0 Å². The molecule has 0 unspecified atom stereocenters. The van der Waals surface area contributed by atoms with Crippen molar-refractivity contribution in [3.63, 3.8) is 0 Å². The molecule has 1 aliphatic rings. The maximum absolute atomic E-state index is 11.4. The molecule has 0 radical (unpaired) electrons. The van der Waals surface area contributed by atoms with E-state index >= 15 is 0 Å². The van der Waals surface area contributed by atoms with Gasteiger partial charge in [0.2, 0.25) is 0 Å². The van der Waals surface area contributed by atoms with Gasteiger partial charge in [0.1, 0.15) is 6.61 Å². The molecule has 5 nitrogen and oxygen atoms in total. The molecule has 2 heterocycles. The molecular weight excluding hydrogens is 314 g/mol. The van der Waals surface area contributed by atoms with Gasteiger partial charge in [0.05, 0.1) is 5.75 Å². The van der Waals surface area contributed by atoms with Crippen molar-refractivity contribution in [2.75, 3.05) is 25.4 Å². The van der Waals surface area contributed by atoms with Gasteiger partial charge in [-0.1, -0.05) is 47.5 Å². The second-order valence-corrected chi connectivity index (χ2v) is 7.91. The minimum Gasteiger partial charge on any atom is -0.461 e. The summed E-state index contributed by atoms with van der Waals surface area (Å²) in [6.45, 7) is 5.91. The van der Waals surface area contributed by atoms with E-state index in [2.05, 4.69) is 22.1 Å². The van der Waals surface area contributed by atoms with Crippen molar-refractivity contribution in [2.24, 2.45) is 0 Å². The predicted molar refractivity (Wildman–Crippen MR) is 83.5 cm³/mol. The zero-order valence-corrected chi connectivity index (χ0v) is 13.5. The first kappa shape index (κ1) is 15.8. The highest BCUT2D eigenvalue weighted by atomic mass is 32.2. The molecular formula is C12H17N3O2S3. The molecule has 1 saturated heterocycles. The van der Waals surface area contributed by atoms with E-state index in [4.69, 9.17) is 4.74 Å². The Kier molecular flexibility index (Phi) is 6.85. The minimum absolute atomic E-state index is 0.252. The molecule has 1 aliphatic heterocycles. The van der Waals surface area contributed by atoms with Crippen LogP contribution in [0.5, 0.6) is 0 Å². The van der Waals surface area contributed by atoms with Crippen LogP contribution in [0.3, 0.4) is 0 Å². The Hall–Kier alpha value is -0.570. The van der Waals surface area contributed by atoms with Crippen molar-refractivity contribution in [1.82, 2.24) is 15.5 Å². The number of rotatable bonds is 7. The molecule has 0 aliphatic carbocycles. The molecule has 0 spiro atoms. The minimum atomic E-state index is -0.252. The average molecular weight is 331 g/mol. The van der Waals surface area contributed by atoms with Gasteiger partial charge in [-0.15, -0.1) is 10.2 Å². The first-order valence-electron chi connectivity index (χ1n) is 6.38. The summed E-state index contributed by atoms with van der Waals surface area (Å²) in [6.07, 6.45) is 3.89. The van der Waals surface area contributed by atoms with Gasteiger partial charge in [0.25, 0.3) is 0 Å². The number of thioether (sulfide) groups is 2. The van der Waals surface area contributed by atoms with Gasteiger partial charge in [0.15, 0.2) is 8.68 Å². The summed E-state index contributed by atoms with van der Waals surface area (Å²) in [5.41, 5.74) is 0. The Balaban J connectivity index is 1.73. The van der Waals surface area contributed by atoms with Crippen LogP contribution < -0.4 is 5.32 Å². The van der Waals surface area contributed by atoms with E-state index in [9.17, 15) is 4.79 Å². The van der Waals surface area contributed by atoms with Gasteiger partial charge in [-0.25, -0.2) is 0 Å². The number of carbonyl (C=O) groups is 1. The Morgan fingerprint density at radius 2 is 2.20 bits per heavy atom. The molecule has 0 atom stereocenters. The van der Waals surface area contributed by atoms with Crippen molar-refractivity contribution in [3.05, 3.63) is 12.7 Å². The summed E-state index contributed by atoms with van der Waals surface area (Å²) in [5, 5.41) is 12.2. The van der Waals surface area contributed by atoms with Gasteiger partial charge in [-0.3, -0.25) is 4.79 Å². The highest BCUT2D eigenvalue weighted by Crippen LogP contribution is 2.33. The second kappa shape index (κ2) is 8.66. The Morgan fingerprint density at radius 1 is 1.45 bits per heavy atom. The van der Waals surface area contributed by atoms with Gasteiger partial charge in [-0.2, -0.15) is 0 Å². The van der Waals surface area contributed by atoms with Crippen LogP contribution in [0.2, 0.25) is 0 Å². The normalized spacial score (nSPS) is 16.0. The Morgan fingerprint density at radius 3 is 2.95 bits per heavy atom. The molecule has 20 heavy (non-hydrogen) atoms. The summed E-state index contributed by atoms with van der Waals surface area (Å²) in [4.78, 5) is 11.4. The summed E-state index contributed by atoms with van der Waals surface area (Å²) in [7, 11) is 0. The number of carbonyl (C=O) groups excluding carboxylic acids is 1. The van der Waals surface area contributed by atoms with E-state index in [1.807, 2.05) is 0 Å². The van der Waals surface area contributed by atoms with Crippen LogP contribution in [0.15, 0.2) is 21.3 Å². The van der Waals surface area contributed by atoms with E-state index in [1.54, 1.807) is 29.2 Å². The average Bonchev–Trinajstić information content (AvgIpc) is 2.91. The van der Waals surface area contributed by atoms with Crippen LogP contribution in [0.4, 0.5) is 0 Å². The number of hydrogen-bond donors (Lipinski definition) is 1. The van der Waals surface area contributed by atoms with Gasteiger partial charge in [0, 0.05) is 5.25 Å². The second-order valence-electron chi connectivity index (χ2n) is 4.16. The lowest BCUT2D eigenvalue weighted by Crippen LogP contribution is -2.29. The molecule has 1 aromatic heterocycles. The van der Waals surface area contributed by atoms with Gasteiger partial charge < -0.3 is 10.1 Å². The summed E-state index contributed by atoms with van der Waals surface area (Å²) in [5.74, 6) is 0.0122. The van der Waals surface area contributed by atoms with Crippen molar-refractivity contribution < 1.29 is 9.53 Å². The largest absolute Gasteiger partial charge is 0.461 e. The lowest BCUT2D eigenvalue weighted by atomic mass is 10.2. The molecule has 2 rings (SSSR count). The van der Waals surface area contributed by atoms with Crippen LogP contribution in [0, 0.1) is 0 Å². The van der Waals surface area contributed by atoms with Crippen LogP contribution in [-0.2, 0) is 9.53 Å². The maximum atomic E-state index is 11.4. The lowest BCUT2D eigenvalue weighted by Gasteiger charge is -2.20. The quantitative estimate of drug-likeness (QED) is 0.467. The Bertz CT molecular complexity index is 447. The molecule has 1 fully saturated rings. The SMILES string of the molecule is C=CCOC(=O)CSc1nnc(SC2CCNCC2)s1. The van der Waals surface area contributed by atoms with Crippen molar-refractivity contribution >= 4 is 40.8 Å². The fourth-order valence-electron chi connectivity index (χ4n) is 1.67. The third-order valence-electron chi connectivity index (χ3n) is 2.62. The molecule has 0 saturated carbocycles. The van der Waals surface area contributed by atoms with E-state index in [-0.39, 0.29) is 18.3 Å². The number of nitrogens with one attached hydrogen (secondary N) is 1. The molecule has 0 bridgehead atoms.